The molecule has 1 aromatic carbocycles. The van der Waals surface area contributed by atoms with E-state index in [2.05, 4.69) is 11.6 Å². The van der Waals surface area contributed by atoms with Crippen LogP contribution in [0.25, 0.3) is 0 Å². The van der Waals surface area contributed by atoms with E-state index in [0.717, 1.165) is 25.0 Å². The van der Waals surface area contributed by atoms with Crippen LogP contribution in [-0.2, 0) is 15.8 Å². The van der Waals surface area contributed by atoms with Crippen LogP contribution >= 0.6 is 11.8 Å². The van der Waals surface area contributed by atoms with Gasteiger partial charge in [0.2, 0.25) is 10.0 Å². The van der Waals surface area contributed by atoms with Crippen LogP contribution in [-0.4, -0.2) is 25.5 Å². The SMILES string of the molecule is CCS[C@@H]1CCC[C@@H](NS(=O)(=O)Cc2cccc(C#N)c2)C1. The first-order valence-corrected chi connectivity index (χ1v) is 10.3. The number of nitrogens with zero attached hydrogens (tertiary/aromatic N) is 1. The van der Waals surface area contributed by atoms with Crippen molar-refractivity contribution in [3.05, 3.63) is 35.4 Å². The van der Waals surface area contributed by atoms with Gasteiger partial charge in [-0.1, -0.05) is 25.5 Å². The third-order valence-electron chi connectivity index (χ3n) is 3.79. The lowest BCUT2D eigenvalue weighted by Gasteiger charge is -2.29. The quantitative estimate of drug-likeness (QED) is 0.865. The molecular weight excluding hydrogens is 316 g/mol. The van der Waals surface area contributed by atoms with Crippen molar-refractivity contribution in [1.82, 2.24) is 4.72 Å². The van der Waals surface area contributed by atoms with Crippen molar-refractivity contribution < 1.29 is 8.42 Å². The lowest BCUT2D eigenvalue weighted by atomic mass is 9.96. The molecule has 0 radical (unpaired) electrons. The van der Waals surface area contributed by atoms with Crippen LogP contribution in [0.3, 0.4) is 0 Å². The summed E-state index contributed by atoms with van der Waals surface area (Å²) in [5, 5.41) is 9.45. The Bertz CT molecular complexity index is 636. The van der Waals surface area contributed by atoms with Gasteiger partial charge >= 0.3 is 0 Å². The monoisotopic (exact) mass is 338 g/mol. The number of hydrogen-bond donors (Lipinski definition) is 1. The minimum atomic E-state index is -3.37. The van der Waals surface area contributed by atoms with Crippen molar-refractivity contribution in [2.75, 3.05) is 5.75 Å². The fraction of sp³-hybridized carbons (Fsp3) is 0.562. The van der Waals surface area contributed by atoms with Crippen molar-refractivity contribution in [3.63, 3.8) is 0 Å². The van der Waals surface area contributed by atoms with E-state index < -0.39 is 10.0 Å². The molecule has 2 atom stereocenters. The van der Waals surface area contributed by atoms with Crippen molar-refractivity contribution in [3.8, 4) is 6.07 Å². The van der Waals surface area contributed by atoms with Gasteiger partial charge in [0.15, 0.2) is 0 Å². The molecule has 120 valence electrons. The molecular formula is C16H22N2O2S2. The minimum Gasteiger partial charge on any atom is -0.212 e. The average Bonchev–Trinajstić information content (AvgIpc) is 2.47. The van der Waals surface area contributed by atoms with Gasteiger partial charge in [0, 0.05) is 11.3 Å². The fourth-order valence-corrected chi connectivity index (χ4v) is 5.48. The molecule has 1 fully saturated rings. The highest BCUT2D eigenvalue weighted by Crippen LogP contribution is 2.28. The Balaban J connectivity index is 1.97. The topological polar surface area (TPSA) is 70.0 Å². The zero-order valence-electron chi connectivity index (χ0n) is 12.8. The van der Waals surface area contributed by atoms with Crippen LogP contribution in [0.5, 0.6) is 0 Å². The van der Waals surface area contributed by atoms with Crippen LogP contribution in [0.15, 0.2) is 24.3 Å². The molecule has 0 bridgehead atoms. The second-order valence-electron chi connectivity index (χ2n) is 5.63. The molecule has 0 heterocycles. The molecule has 0 aromatic heterocycles. The highest BCUT2D eigenvalue weighted by molar-refractivity contribution is 7.99. The summed E-state index contributed by atoms with van der Waals surface area (Å²) in [5.74, 6) is 1.01. The van der Waals surface area contributed by atoms with Gasteiger partial charge < -0.3 is 0 Å². The molecule has 1 saturated carbocycles. The van der Waals surface area contributed by atoms with Crippen LogP contribution in [0.4, 0.5) is 0 Å². The molecule has 22 heavy (non-hydrogen) atoms. The van der Waals surface area contributed by atoms with Crippen LogP contribution in [0, 0.1) is 11.3 Å². The number of thioether (sulfide) groups is 1. The number of sulfonamides is 1. The molecule has 4 nitrogen and oxygen atoms in total. The van der Waals surface area contributed by atoms with Gasteiger partial charge in [0.25, 0.3) is 0 Å². The van der Waals surface area contributed by atoms with Crippen molar-refractivity contribution >= 4 is 21.8 Å². The van der Waals surface area contributed by atoms with Gasteiger partial charge in [0.05, 0.1) is 17.4 Å². The lowest BCUT2D eigenvalue weighted by molar-refractivity contribution is 0.420. The lowest BCUT2D eigenvalue weighted by Crippen LogP contribution is -2.39. The number of hydrogen-bond acceptors (Lipinski definition) is 4. The molecule has 0 saturated heterocycles. The van der Waals surface area contributed by atoms with Gasteiger partial charge in [0.1, 0.15) is 0 Å². The maximum Gasteiger partial charge on any atom is 0.216 e. The number of rotatable bonds is 6. The Labute approximate surface area is 137 Å². The van der Waals surface area contributed by atoms with Gasteiger partial charge in [-0.05, 0) is 42.7 Å². The van der Waals surface area contributed by atoms with Gasteiger partial charge in [-0.2, -0.15) is 17.0 Å². The van der Waals surface area contributed by atoms with E-state index in [1.807, 2.05) is 17.8 Å². The third kappa shape index (κ3) is 5.31. The zero-order chi connectivity index (χ0) is 16.0. The van der Waals surface area contributed by atoms with Crippen LogP contribution < -0.4 is 4.72 Å². The van der Waals surface area contributed by atoms with E-state index in [1.54, 1.807) is 24.3 Å². The minimum absolute atomic E-state index is 0.0435. The molecule has 1 N–H and O–H groups in total. The standard InChI is InChI=1S/C16H22N2O2S2/c1-2-21-16-8-4-7-15(10-16)18-22(19,20)12-14-6-3-5-13(9-14)11-17/h3,5-6,9,15-16,18H,2,4,7-8,10,12H2,1H3/t15-,16-/m1/s1. The zero-order valence-corrected chi connectivity index (χ0v) is 14.4. The highest BCUT2D eigenvalue weighted by Gasteiger charge is 2.25. The van der Waals surface area contributed by atoms with E-state index >= 15 is 0 Å². The van der Waals surface area contributed by atoms with Gasteiger partial charge in [-0.15, -0.1) is 0 Å². The normalized spacial score (nSPS) is 22.2. The van der Waals surface area contributed by atoms with Crippen LogP contribution in [0.2, 0.25) is 0 Å². The second kappa shape index (κ2) is 8.00. The maximum atomic E-state index is 12.3. The first kappa shape index (κ1) is 17.3. The van der Waals surface area contributed by atoms with E-state index in [0.29, 0.717) is 16.4 Å². The van der Waals surface area contributed by atoms with Gasteiger partial charge in [-0.3, -0.25) is 0 Å². The third-order valence-corrected chi connectivity index (χ3v) is 6.43. The summed E-state index contributed by atoms with van der Waals surface area (Å²) in [4.78, 5) is 0. The van der Waals surface area contributed by atoms with Crippen LogP contribution in [0.1, 0.15) is 43.7 Å². The second-order valence-corrected chi connectivity index (χ2v) is 8.96. The number of nitriles is 1. The summed E-state index contributed by atoms with van der Waals surface area (Å²) >= 11 is 1.92. The van der Waals surface area contributed by atoms with E-state index in [9.17, 15) is 8.42 Å². The summed E-state index contributed by atoms with van der Waals surface area (Å²) in [6, 6.07) is 8.86. The molecule has 0 aliphatic heterocycles. The van der Waals surface area contributed by atoms with Crippen molar-refractivity contribution in [2.45, 2.75) is 49.7 Å². The molecule has 0 amide bonds. The number of benzene rings is 1. The smallest absolute Gasteiger partial charge is 0.212 e. The molecule has 1 aliphatic rings. The Hall–Kier alpha value is -1.03. The fourth-order valence-electron chi connectivity index (χ4n) is 2.88. The van der Waals surface area contributed by atoms with Crippen molar-refractivity contribution in [2.24, 2.45) is 0 Å². The molecule has 2 rings (SSSR count). The first-order valence-electron chi connectivity index (χ1n) is 7.63. The van der Waals surface area contributed by atoms with E-state index in [4.69, 9.17) is 5.26 Å². The molecule has 6 heteroatoms. The molecule has 0 unspecified atom stereocenters. The maximum absolute atomic E-state index is 12.3. The first-order chi connectivity index (χ1) is 10.5. The van der Waals surface area contributed by atoms with Gasteiger partial charge in [-0.25, -0.2) is 13.1 Å². The predicted molar refractivity (Wildman–Crippen MR) is 91.1 cm³/mol. The number of nitrogens with one attached hydrogen (secondary N) is 1. The molecule has 1 aliphatic carbocycles. The summed E-state index contributed by atoms with van der Waals surface area (Å²) in [6.07, 6.45) is 4.09. The van der Waals surface area contributed by atoms with E-state index in [-0.39, 0.29) is 11.8 Å². The summed E-state index contributed by atoms with van der Waals surface area (Å²) < 4.78 is 27.5. The summed E-state index contributed by atoms with van der Waals surface area (Å²) in [7, 11) is -3.37. The Kier molecular flexibility index (Phi) is 6.30. The molecule has 0 spiro atoms. The summed E-state index contributed by atoms with van der Waals surface area (Å²) in [5.41, 5.74) is 1.15. The average molecular weight is 338 g/mol. The Morgan fingerprint density at radius 2 is 2.23 bits per heavy atom. The molecule has 1 aromatic rings. The predicted octanol–water partition coefficient (Wildman–Crippen LogP) is 3.04. The summed E-state index contributed by atoms with van der Waals surface area (Å²) in [6.45, 7) is 2.14. The highest BCUT2D eigenvalue weighted by atomic mass is 32.2. The largest absolute Gasteiger partial charge is 0.216 e. The van der Waals surface area contributed by atoms with Crippen molar-refractivity contribution in [1.29, 1.82) is 5.26 Å². The Morgan fingerprint density at radius 3 is 2.95 bits per heavy atom. The van der Waals surface area contributed by atoms with E-state index in [1.165, 1.54) is 6.42 Å². The Morgan fingerprint density at radius 1 is 1.41 bits per heavy atom.